The Morgan fingerprint density at radius 2 is 1.96 bits per heavy atom. The van der Waals surface area contributed by atoms with Gasteiger partial charge in [-0.05, 0) is 42.8 Å². The lowest BCUT2D eigenvalue weighted by Gasteiger charge is -2.10. The molecule has 0 aliphatic carbocycles. The van der Waals surface area contributed by atoms with Gasteiger partial charge in [-0.2, -0.15) is 23.5 Å². The van der Waals surface area contributed by atoms with E-state index in [-0.39, 0.29) is 17.8 Å². The van der Waals surface area contributed by atoms with Crippen LogP contribution in [0, 0.1) is 18.3 Å². The van der Waals surface area contributed by atoms with Gasteiger partial charge in [0, 0.05) is 6.54 Å². The molecule has 8 heteroatoms. The standard InChI is InChI=1S/C20H15F3N4O/c1-13-18(19(28)25-11-15-5-2-4-14(8-15)10-24)12-26-27(13)17-7-3-6-16(9-17)20(21,22)23/h2-9,12H,11H2,1H3,(H,25,28). The van der Waals surface area contributed by atoms with Gasteiger partial charge in [-0.15, -0.1) is 0 Å². The Balaban J connectivity index is 1.79. The van der Waals surface area contributed by atoms with E-state index in [1.165, 1.54) is 23.0 Å². The van der Waals surface area contributed by atoms with Crippen molar-refractivity contribution in [3.05, 3.63) is 82.7 Å². The van der Waals surface area contributed by atoms with Crippen LogP contribution in [-0.4, -0.2) is 15.7 Å². The number of hydrogen-bond donors (Lipinski definition) is 1. The number of hydrogen-bond acceptors (Lipinski definition) is 3. The Labute approximate surface area is 159 Å². The number of alkyl halides is 3. The Morgan fingerprint density at radius 1 is 1.21 bits per heavy atom. The van der Waals surface area contributed by atoms with Gasteiger partial charge in [0.25, 0.3) is 5.91 Å². The second-order valence-electron chi connectivity index (χ2n) is 6.10. The van der Waals surface area contributed by atoms with E-state index >= 15 is 0 Å². The third-order valence-electron chi connectivity index (χ3n) is 4.18. The normalized spacial score (nSPS) is 11.1. The summed E-state index contributed by atoms with van der Waals surface area (Å²) in [5, 5.41) is 15.7. The minimum absolute atomic E-state index is 0.211. The maximum absolute atomic E-state index is 12.9. The third-order valence-corrected chi connectivity index (χ3v) is 4.18. The third kappa shape index (κ3) is 4.04. The molecule has 0 bridgehead atoms. The van der Waals surface area contributed by atoms with Gasteiger partial charge in [-0.3, -0.25) is 4.79 Å². The smallest absolute Gasteiger partial charge is 0.348 e. The van der Waals surface area contributed by atoms with Crippen LogP contribution in [0.4, 0.5) is 13.2 Å². The van der Waals surface area contributed by atoms with Gasteiger partial charge in [0.15, 0.2) is 0 Å². The summed E-state index contributed by atoms with van der Waals surface area (Å²) in [4.78, 5) is 12.5. The molecule has 3 aromatic rings. The van der Waals surface area contributed by atoms with Crippen molar-refractivity contribution in [1.29, 1.82) is 5.26 Å². The Bertz CT molecular complexity index is 1060. The molecule has 0 spiro atoms. The molecule has 5 nitrogen and oxygen atoms in total. The molecule has 0 unspecified atom stereocenters. The first-order chi connectivity index (χ1) is 13.3. The summed E-state index contributed by atoms with van der Waals surface area (Å²) in [5.74, 6) is -0.405. The number of nitrogens with one attached hydrogen (secondary N) is 1. The maximum Gasteiger partial charge on any atom is 0.416 e. The largest absolute Gasteiger partial charge is 0.416 e. The van der Waals surface area contributed by atoms with Gasteiger partial charge < -0.3 is 5.32 Å². The summed E-state index contributed by atoms with van der Waals surface area (Å²) in [6.07, 6.45) is -3.15. The number of benzene rings is 2. The molecular formula is C20H15F3N4O. The first-order valence-electron chi connectivity index (χ1n) is 8.29. The van der Waals surface area contributed by atoms with Gasteiger partial charge in [0.05, 0.1) is 40.3 Å². The van der Waals surface area contributed by atoms with Crippen molar-refractivity contribution in [3.8, 4) is 11.8 Å². The second-order valence-corrected chi connectivity index (χ2v) is 6.10. The minimum Gasteiger partial charge on any atom is -0.348 e. The molecule has 0 saturated heterocycles. The highest BCUT2D eigenvalue weighted by Crippen LogP contribution is 2.30. The molecule has 0 aliphatic rings. The van der Waals surface area contributed by atoms with Gasteiger partial charge in [-0.1, -0.05) is 18.2 Å². The van der Waals surface area contributed by atoms with E-state index in [4.69, 9.17) is 5.26 Å². The lowest BCUT2D eigenvalue weighted by molar-refractivity contribution is -0.137. The molecule has 0 fully saturated rings. The van der Waals surface area contributed by atoms with Crippen LogP contribution < -0.4 is 5.32 Å². The highest BCUT2D eigenvalue weighted by atomic mass is 19.4. The summed E-state index contributed by atoms with van der Waals surface area (Å²) in [6, 6.07) is 13.6. The van der Waals surface area contributed by atoms with Crippen molar-refractivity contribution in [2.45, 2.75) is 19.6 Å². The van der Waals surface area contributed by atoms with Crippen LogP contribution in [0.25, 0.3) is 5.69 Å². The zero-order valence-electron chi connectivity index (χ0n) is 14.8. The molecule has 0 radical (unpaired) electrons. The summed E-state index contributed by atoms with van der Waals surface area (Å²) in [6.45, 7) is 1.82. The predicted molar refractivity (Wildman–Crippen MR) is 95.6 cm³/mol. The van der Waals surface area contributed by atoms with Crippen LogP contribution in [0.2, 0.25) is 0 Å². The van der Waals surface area contributed by atoms with Crippen molar-refractivity contribution in [2.75, 3.05) is 0 Å². The van der Waals surface area contributed by atoms with Crippen molar-refractivity contribution < 1.29 is 18.0 Å². The first kappa shape index (κ1) is 19.2. The van der Waals surface area contributed by atoms with E-state index in [1.807, 2.05) is 6.07 Å². The molecule has 142 valence electrons. The number of carbonyl (C=O) groups is 1. The van der Waals surface area contributed by atoms with Crippen molar-refractivity contribution in [2.24, 2.45) is 0 Å². The molecular weight excluding hydrogens is 369 g/mol. The van der Waals surface area contributed by atoms with Crippen LogP contribution in [0.3, 0.4) is 0 Å². The van der Waals surface area contributed by atoms with E-state index in [1.54, 1.807) is 31.2 Å². The number of amides is 1. The molecule has 1 heterocycles. The molecule has 28 heavy (non-hydrogen) atoms. The number of carbonyl (C=O) groups excluding carboxylic acids is 1. The number of rotatable bonds is 4. The van der Waals surface area contributed by atoms with E-state index in [0.717, 1.165) is 17.7 Å². The van der Waals surface area contributed by atoms with Crippen LogP contribution in [0.15, 0.2) is 54.7 Å². The monoisotopic (exact) mass is 384 g/mol. The molecule has 0 aliphatic heterocycles. The fourth-order valence-corrected chi connectivity index (χ4v) is 2.74. The topological polar surface area (TPSA) is 70.7 Å². The molecule has 0 saturated carbocycles. The van der Waals surface area contributed by atoms with Crippen LogP contribution in [-0.2, 0) is 12.7 Å². The number of aromatic nitrogens is 2. The maximum atomic E-state index is 12.9. The molecule has 1 amide bonds. The highest BCUT2D eigenvalue weighted by Gasteiger charge is 2.30. The number of nitriles is 1. The van der Waals surface area contributed by atoms with Crippen LogP contribution in [0.1, 0.15) is 32.7 Å². The zero-order valence-corrected chi connectivity index (χ0v) is 14.8. The van der Waals surface area contributed by atoms with Crippen molar-refractivity contribution in [3.63, 3.8) is 0 Å². The lowest BCUT2D eigenvalue weighted by atomic mass is 10.1. The Kier molecular flexibility index (Phi) is 5.18. The van der Waals surface area contributed by atoms with E-state index in [2.05, 4.69) is 10.4 Å². The van der Waals surface area contributed by atoms with E-state index in [9.17, 15) is 18.0 Å². The SMILES string of the molecule is Cc1c(C(=O)NCc2cccc(C#N)c2)cnn1-c1cccc(C(F)(F)F)c1. The average molecular weight is 384 g/mol. The summed E-state index contributed by atoms with van der Waals surface area (Å²) < 4.78 is 40.1. The Morgan fingerprint density at radius 3 is 2.68 bits per heavy atom. The molecule has 0 atom stereocenters. The quantitative estimate of drug-likeness (QED) is 0.739. The Hall–Kier alpha value is -3.60. The summed E-state index contributed by atoms with van der Waals surface area (Å²) >= 11 is 0. The highest BCUT2D eigenvalue weighted by molar-refractivity contribution is 5.95. The molecule has 2 aromatic carbocycles. The van der Waals surface area contributed by atoms with Crippen LogP contribution >= 0.6 is 0 Å². The average Bonchev–Trinajstić information content (AvgIpc) is 3.07. The van der Waals surface area contributed by atoms with Gasteiger partial charge in [0.1, 0.15) is 0 Å². The molecule has 1 aromatic heterocycles. The lowest BCUT2D eigenvalue weighted by Crippen LogP contribution is -2.23. The summed E-state index contributed by atoms with van der Waals surface area (Å²) in [7, 11) is 0. The molecule has 3 rings (SSSR count). The first-order valence-corrected chi connectivity index (χ1v) is 8.29. The second kappa shape index (κ2) is 7.56. The fourth-order valence-electron chi connectivity index (χ4n) is 2.74. The minimum atomic E-state index is -4.46. The zero-order chi connectivity index (χ0) is 20.3. The fraction of sp³-hybridized carbons (Fsp3) is 0.150. The van der Waals surface area contributed by atoms with Crippen molar-refractivity contribution in [1.82, 2.24) is 15.1 Å². The predicted octanol–water partition coefficient (Wildman–Crippen LogP) is 4.00. The number of halogens is 3. The summed E-state index contributed by atoms with van der Waals surface area (Å²) in [5.41, 5.74) is 1.35. The molecule has 1 N–H and O–H groups in total. The van der Waals surface area contributed by atoms with Crippen LogP contribution in [0.5, 0.6) is 0 Å². The van der Waals surface area contributed by atoms with Gasteiger partial charge in [-0.25, -0.2) is 4.68 Å². The number of nitrogens with zero attached hydrogens (tertiary/aromatic N) is 3. The van der Waals surface area contributed by atoms with Gasteiger partial charge >= 0.3 is 6.18 Å². The van der Waals surface area contributed by atoms with E-state index in [0.29, 0.717) is 11.3 Å². The van der Waals surface area contributed by atoms with Crippen molar-refractivity contribution >= 4 is 5.91 Å². The van der Waals surface area contributed by atoms with Gasteiger partial charge in [0.2, 0.25) is 0 Å². The van der Waals surface area contributed by atoms with E-state index < -0.39 is 17.6 Å².